The van der Waals surface area contributed by atoms with Crippen LogP contribution in [-0.2, 0) is 0 Å². The molecule has 0 aliphatic rings. The third-order valence-corrected chi connectivity index (χ3v) is 2.10. The molecule has 12 heavy (non-hydrogen) atoms. The zero-order valence-corrected chi connectivity index (χ0v) is 7.88. The molecule has 66 valence electrons. The minimum Gasteiger partial charge on any atom is -0.324 e. The lowest BCUT2D eigenvalue weighted by molar-refractivity contribution is 0.636. The number of nitrogens with zero attached hydrogens (tertiary/aromatic N) is 1. The lowest BCUT2D eigenvalue weighted by atomic mass is 10.1. The summed E-state index contributed by atoms with van der Waals surface area (Å²) in [6.07, 6.45) is 3.68. The molecule has 0 spiro atoms. The Kier molecular flexibility index (Phi) is 3.50. The van der Waals surface area contributed by atoms with Crippen molar-refractivity contribution in [1.29, 1.82) is 0 Å². The van der Waals surface area contributed by atoms with Crippen molar-refractivity contribution in [2.75, 3.05) is 0 Å². The number of nitrogens with two attached hydrogens (primary N) is 1. The highest BCUT2D eigenvalue weighted by Crippen LogP contribution is 2.21. The van der Waals surface area contributed by atoms with Crippen LogP contribution in [0.3, 0.4) is 0 Å². The zero-order valence-electron chi connectivity index (χ0n) is 7.13. The van der Waals surface area contributed by atoms with E-state index in [2.05, 4.69) is 11.9 Å². The lowest BCUT2D eigenvalue weighted by Gasteiger charge is -2.10. The Labute approximate surface area is 77.8 Å². The smallest absolute Gasteiger partial charge is 0.133 e. The highest BCUT2D eigenvalue weighted by atomic mass is 35.5. The first-order chi connectivity index (χ1) is 5.75. The predicted octanol–water partition coefficient (Wildman–Crippen LogP) is 2.53. The van der Waals surface area contributed by atoms with Crippen molar-refractivity contribution in [3.05, 3.63) is 29.0 Å². The normalized spacial score (nSPS) is 12.9. The summed E-state index contributed by atoms with van der Waals surface area (Å²) in [6, 6.07) is 3.81. The molecular formula is C9H13ClN2. The molecule has 1 aromatic rings. The molecule has 1 heterocycles. The topological polar surface area (TPSA) is 38.9 Å². The van der Waals surface area contributed by atoms with Gasteiger partial charge in [-0.25, -0.2) is 4.98 Å². The van der Waals surface area contributed by atoms with Gasteiger partial charge in [0.1, 0.15) is 5.15 Å². The fourth-order valence-electron chi connectivity index (χ4n) is 1.14. The summed E-state index contributed by atoms with van der Waals surface area (Å²) in [5, 5.41) is 0.526. The summed E-state index contributed by atoms with van der Waals surface area (Å²) in [4.78, 5) is 3.97. The molecule has 0 aromatic carbocycles. The van der Waals surface area contributed by atoms with E-state index in [1.807, 2.05) is 12.1 Å². The summed E-state index contributed by atoms with van der Waals surface area (Å²) in [6.45, 7) is 2.10. The first-order valence-electron chi connectivity index (χ1n) is 4.11. The van der Waals surface area contributed by atoms with Crippen molar-refractivity contribution < 1.29 is 0 Å². The molecule has 2 nitrogen and oxygen atoms in total. The number of halogens is 1. The van der Waals surface area contributed by atoms with E-state index in [1.54, 1.807) is 6.20 Å². The standard InChI is InChI=1S/C9H13ClN2/c1-2-4-8(11)7-5-3-6-12-9(7)10/h3,5-6,8H,2,4,11H2,1H3/t8-/m1/s1. The van der Waals surface area contributed by atoms with Crippen LogP contribution in [0, 0.1) is 0 Å². The Hall–Kier alpha value is -0.600. The van der Waals surface area contributed by atoms with Crippen LogP contribution < -0.4 is 5.73 Å². The fraction of sp³-hybridized carbons (Fsp3) is 0.444. The second-order valence-electron chi connectivity index (χ2n) is 2.78. The molecule has 0 bridgehead atoms. The number of rotatable bonds is 3. The number of aromatic nitrogens is 1. The maximum Gasteiger partial charge on any atom is 0.133 e. The monoisotopic (exact) mass is 184 g/mol. The summed E-state index contributed by atoms with van der Waals surface area (Å²) >= 11 is 5.86. The van der Waals surface area contributed by atoms with E-state index < -0.39 is 0 Å². The third kappa shape index (κ3) is 2.19. The van der Waals surface area contributed by atoms with Crippen molar-refractivity contribution in [1.82, 2.24) is 4.98 Å². The predicted molar refractivity (Wildman–Crippen MR) is 51.1 cm³/mol. The summed E-state index contributed by atoms with van der Waals surface area (Å²) < 4.78 is 0. The quantitative estimate of drug-likeness (QED) is 0.734. The Morgan fingerprint density at radius 3 is 3.00 bits per heavy atom. The van der Waals surface area contributed by atoms with Crippen LogP contribution in [0.2, 0.25) is 5.15 Å². The van der Waals surface area contributed by atoms with E-state index in [1.165, 1.54) is 0 Å². The minimum atomic E-state index is 0.0243. The molecule has 1 atom stereocenters. The van der Waals surface area contributed by atoms with Gasteiger partial charge in [0.25, 0.3) is 0 Å². The van der Waals surface area contributed by atoms with Gasteiger partial charge >= 0.3 is 0 Å². The van der Waals surface area contributed by atoms with E-state index in [9.17, 15) is 0 Å². The number of pyridine rings is 1. The second-order valence-corrected chi connectivity index (χ2v) is 3.14. The van der Waals surface area contributed by atoms with Gasteiger partial charge in [-0.1, -0.05) is 31.0 Å². The van der Waals surface area contributed by atoms with E-state index in [4.69, 9.17) is 17.3 Å². The van der Waals surface area contributed by atoms with Crippen LogP contribution in [0.4, 0.5) is 0 Å². The highest BCUT2D eigenvalue weighted by Gasteiger charge is 2.08. The molecule has 0 aliphatic heterocycles. The molecular weight excluding hydrogens is 172 g/mol. The molecule has 0 aliphatic carbocycles. The molecule has 0 saturated carbocycles. The van der Waals surface area contributed by atoms with E-state index in [0.717, 1.165) is 18.4 Å². The molecule has 0 saturated heterocycles. The molecule has 1 rings (SSSR count). The van der Waals surface area contributed by atoms with Crippen LogP contribution in [-0.4, -0.2) is 4.98 Å². The fourth-order valence-corrected chi connectivity index (χ4v) is 1.40. The summed E-state index contributed by atoms with van der Waals surface area (Å²) in [7, 11) is 0. The van der Waals surface area contributed by atoms with Gasteiger partial charge in [-0.2, -0.15) is 0 Å². The van der Waals surface area contributed by atoms with Gasteiger partial charge in [0.05, 0.1) is 0 Å². The Bertz CT molecular complexity index is 250. The molecule has 2 N–H and O–H groups in total. The maximum absolute atomic E-state index is 5.88. The molecule has 0 amide bonds. The lowest BCUT2D eigenvalue weighted by Crippen LogP contribution is -2.10. The Morgan fingerprint density at radius 2 is 2.42 bits per heavy atom. The van der Waals surface area contributed by atoms with Crippen molar-refractivity contribution in [3.63, 3.8) is 0 Å². The largest absolute Gasteiger partial charge is 0.324 e. The van der Waals surface area contributed by atoms with Crippen molar-refractivity contribution in [3.8, 4) is 0 Å². The van der Waals surface area contributed by atoms with E-state index in [-0.39, 0.29) is 6.04 Å². The van der Waals surface area contributed by atoms with Crippen LogP contribution in [0.25, 0.3) is 0 Å². The van der Waals surface area contributed by atoms with E-state index >= 15 is 0 Å². The molecule has 0 unspecified atom stereocenters. The summed E-state index contributed by atoms with van der Waals surface area (Å²) in [5.74, 6) is 0. The van der Waals surface area contributed by atoms with Crippen molar-refractivity contribution in [2.24, 2.45) is 5.73 Å². The minimum absolute atomic E-state index is 0.0243. The van der Waals surface area contributed by atoms with Crippen LogP contribution in [0.15, 0.2) is 18.3 Å². The van der Waals surface area contributed by atoms with Gasteiger partial charge in [-0.05, 0) is 12.5 Å². The Morgan fingerprint density at radius 1 is 1.67 bits per heavy atom. The Balaban J connectivity index is 2.79. The van der Waals surface area contributed by atoms with Gasteiger partial charge in [-0.15, -0.1) is 0 Å². The van der Waals surface area contributed by atoms with Gasteiger partial charge in [0, 0.05) is 17.8 Å². The molecule has 1 aromatic heterocycles. The average molecular weight is 185 g/mol. The first-order valence-corrected chi connectivity index (χ1v) is 4.49. The summed E-state index contributed by atoms with van der Waals surface area (Å²) in [5.41, 5.74) is 6.83. The third-order valence-electron chi connectivity index (χ3n) is 1.79. The zero-order chi connectivity index (χ0) is 8.97. The van der Waals surface area contributed by atoms with Crippen molar-refractivity contribution >= 4 is 11.6 Å². The maximum atomic E-state index is 5.88. The number of hydrogen-bond donors (Lipinski definition) is 1. The average Bonchev–Trinajstić information content (AvgIpc) is 2.05. The van der Waals surface area contributed by atoms with Gasteiger partial charge < -0.3 is 5.73 Å². The van der Waals surface area contributed by atoms with Gasteiger partial charge in [-0.3, -0.25) is 0 Å². The number of hydrogen-bond acceptors (Lipinski definition) is 2. The van der Waals surface area contributed by atoms with Crippen LogP contribution >= 0.6 is 11.6 Å². The van der Waals surface area contributed by atoms with Crippen LogP contribution in [0.5, 0.6) is 0 Å². The SMILES string of the molecule is CCC[C@@H](N)c1cccnc1Cl. The molecule has 3 heteroatoms. The second kappa shape index (κ2) is 4.43. The van der Waals surface area contributed by atoms with Gasteiger partial charge in [0.2, 0.25) is 0 Å². The van der Waals surface area contributed by atoms with Crippen molar-refractivity contribution in [2.45, 2.75) is 25.8 Å². The van der Waals surface area contributed by atoms with E-state index in [0.29, 0.717) is 5.15 Å². The highest BCUT2D eigenvalue weighted by molar-refractivity contribution is 6.30. The van der Waals surface area contributed by atoms with Gasteiger partial charge in [0.15, 0.2) is 0 Å². The molecule has 0 radical (unpaired) electrons. The first kappa shape index (κ1) is 9.49. The van der Waals surface area contributed by atoms with Crippen LogP contribution in [0.1, 0.15) is 31.4 Å². The molecule has 0 fully saturated rings.